The van der Waals surface area contributed by atoms with E-state index in [0.717, 1.165) is 25.6 Å². The zero-order valence-electron chi connectivity index (χ0n) is 10.7. The molecule has 2 rings (SSSR count). The summed E-state index contributed by atoms with van der Waals surface area (Å²) in [4.78, 5) is 13.5. The Bertz CT molecular complexity index is 260. The smallest absolute Gasteiger partial charge is 0.320 e. The third kappa shape index (κ3) is 3.68. The predicted molar refractivity (Wildman–Crippen MR) is 67.0 cm³/mol. The Labute approximate surface area is 103 Å². The number of rotatable bonds is 7. The van der Waals surface area contributed by atoms with Gasteiger partial charge in [0.2, 0.25) is 0 Å². The fraction of sp³-hybridized carbons (Fsp3) is 0.923. The van der Waals surface area contributed by atoms with Gasteiger partial charge >= 0.3 is 5.97 Å². The second-order valence-corrected chi connectivity index (χ2v) is 5.45. The van der Waals surface area contributed by atoms with Crippen molar-refractivity contribution in [2.75, 3.05) is 19.6 Å². The molecule has 2 atom stereocenters. The largest absolute Gasteiger partial charge is 0.480 e. The zero-order chi connectivity index (χ0) is 12.3. The van der Waals surface area contributed by atoms with Gasteiger partial charge in [-0.05, 0) is 44.6 Å². The molecule has 0 aromatic rings. The molecule has 4 nitrogen and oxygen atoms in total. The summed E-state index contributed by atoms with van der Waals surface area (Å²) in [5.41, 5.74) is 0. The van der Waals surface area contributed by atoms with E-state index in [9.17, 15) is 9.90 Å². The molecule has 1 saturated heterocycles. The van der Waals surface area contributed by atoms with E-state index in [2.05, 4.69) is 10.2 Å². The van der Waals surface area contributed by atoms with Gasteiger partial charge in [0.05, 0.1) is 0 Å². The number of nitrogens with zero attached hydrogens (tertiary/aromatic N) is 1. The third-order valence-electron chi connectivity index (χ3n) is 3.92. The first-order valence-electron chi connectivity index (χ1n) is 6.91. The molecule has 1 aliphatic carbocycles. The van der Waals surface area contributed by atoms with Crippen LogP contribution in [-0.4, -0.2) is 47.7 Å². The van der Waals surface area contributed by atoms with Crippen LogP contribution >= 0.6 is 0 Å². The Morgan fingerprint density at radius 2 is 2.18 bits per heavy atom. The van der Waals surface area contributed by atoms with Crippen LogP contribution in [0, 0.1) is 5.92 Å². The second-order valence-electron chi connectivity index (χ2n) is 5.45. The molecular formula is C13H24N2O2. The van der Waals surface area contributed by atoms with E-state index in [0.29, 0.717) is 12.5 Å². The third-order valence-corrected chi connectivity index (χ3v) is 3.92. The fourth-order valence-corrected chi connectivity index (χ4v) is 2.75. The molecule has 98 valence electrons. The van der Waals surface area contributed by atoms with Crippen molar-refractivity contribution in [3.8, 4) is 0 Å². The topological polar surface area (TPSA) is 52.6 Å². The van der Waals surface area contributed by atoms with Gasteiger partial charge in [-0.1, -0.05) is 6.92 Å². The number of hydrogen-bond acceptors (Lipinski definition) is 3. The average molecular weight is 240 g/mol. The molecule has 2 fully saturated rings. The average Bonchev–Trinajstić information content (AvgIpc) is 2.93. The Kier molecular flexibility index (Phi) is 4.40. The van der Waals surface area contributed by atoms with Crippen LogP contribution in [0.25, 0.3) is 0 Å². The molecule has 4 heteroatoms. The van der Waals surface area contributed by atoms with Crippen LogP contribution in [0.15, 0.2) is 0 Å². The molecule has 1 saturated carbocycles. The number of nitrogens with one attached hydrogen (secondary N) is 1. The van der Waals surface area contributed by atoms with E-state index >= 15 is 0 Å². The van der Waals surface area contributed by atoms with Crippen LogP contribution in [-0.2, 0) is 4.79 Å². The van der Waals surface area contributed by atoms with E-state index in [-0.39, 0.29) is 6.04 Å². The summed E-state index contributed by atoms with van der Waals surface area (Å²) in [5, 5.41) is 12.8. The van der Waals surface area contributed by atoms with Crippen molar-refractivity contribution in [3.05, 3.63) is 0 Å². The van der Waals surface area contributed by atoms with Crippen molar-refractivity contribution in [2.24, 2.45) is 5.92 Å². The van der Waals surface area contributed by atoms with Gasteiger partial charge in [-0.15, -0.1) is 0 Å². The Morgan fingerprint density at radius 3 is 2.65 bits per heavy atom. The molecule has 0 spiro atoms. The maximum atomic E-state index is 11.3. The molecule has 17 heavy (non-hydrogen) atoms. The van der Waals surface area contributed by atoms with E-state index in [1.54, 1.807) is 0 Å². The monoisotopic (exact) mass is 240 g/mol. The summed E-state index contributed by atoms with van der Waals surface area (Å²) in [7, 11) is 0. The summed E-state index contributed by atoms with van der Waals surface area (Å²) >= 11 is 0. The highest BCUT2D eigenvalue weighted by Crippen LogP contribution is 2.31. The lowest BCUT2D eigenvalue weighted by Gasteiger charge is -2.30. The first kappa shape index (κ1) is 12.8. The van der Waals surface area contributed by atoms with E-state index in [4.69, 9.17) is 0 Å². The van der Waals surface area contributed by atoms with Crippen LogP contribution in [0.2, 0.25) is 0 Å². The van der Waals surface area contributed by atoms with Gasteiger partial charge in [-0.25, -0.2) is 0 Å². The number of carboxylic acids is 1. The molecule has 2 N–H and O–H groups in total. The lowest BCUT2D eigenvalue weighted by atomic mass is 10.1. The Morgan fingerprint density at radius 1 is 1.41 bits per heavy atom. The Balaban J connectivity index is 1.92. The first-order chi connectivity index (χ1) is 8.20. The van der Waals surface area contributed by atoms with Gasteiger partial charge in [0.25, 0.3) is 0 Å². The van der Waals surface area contributed by atoms with Crippen molar-refractivity contribution in [3.63, 3.8) is 0 Å². The minimum absolute atomic E-state index is 0.294. The fourth-order valence-electron chi connectivity index (χ4n) is 2.75. The van der Waals surface area contributed by atoms with Crippen molar-refractivity contribution >= 4 is 5.97 Å². The zero-order valence-corrected chi connectivity index (χ0v) is 10.7. The highest BCUT2D eigenvalue weighted by atomic mass is 16.4. The number of carboxylic acid groups (broad SMARTS) is 1. The summed E-state index contributed by atoms with van der Waals surface area (Å²) in [6, 6.07) is 0.208. The molecular weight excluding hydrogens is 216 g/mol. The van der Waals surface area contributed by atoms with Crippen molar-refractivity contribution in [1.82, 2.24) is 10.2 Å². The molecule has 0 aromatic carbocycles. The van der Waals surface area contributed by atoms with Gasteiger partial charge in [0, 0.05) is 19.1 Å². The summed E-state index contributed by atoms with van der Waals surface area (Å²) in [6.07, 6.45) is 5.69. The lowest BCUT2D eigenvalue weighted by molar-refractivity contribution is -0.143. The molecule has 2 unspecified atom stereocenters. The van der Waals surface area contributed by atoms with Crippen LogP contribution < -0.4 is 5.32 Å². The standard InChI is InChI=1S/C13H24N2O2/c1-2-12(13(16)17)15(8-10-5-6-10)9-11-4-3-7-14-11/h10-12,14H,2-9H2,1H3,(H,16,17). The number of carbonyl (C=O) groups is 1. The SMILES string of the molecule is CCC(C(=O)O)N(CC1CC1)CC1CCCN1. The molecule has 1 aliphatic heterocycles. The van der Waals surface area contributed by atoms with Crippen LogP contribution in [0.1, 0.15) is 39.0 Å². The summed E-state index contributed by atoms with van der Waals surface area (Å²) in [5.74, 6) is 0.0935. The first-order valence-corrected chi connectivity index (χ1v) is 6.91. The van der Waals surface area contributed by atoms with E-state index in [1.807, 2.05) is 6.92 Å². The van der Waals surface area contributed by atoms with Gasteiger partial charge in [0.1, 0.15) is 6.04 Å². The molecule has 1 heterocycles. The minimum Gasteiger partial charge on any atom is -0.480 e. The van der Waals surface area contributed by atoms with Crippen molar-refractivity contribution < 1.29 is 9.90 Å². The van der Waals surface area contributed by atoms with E-state index < -0.39 is 5.97 Å². The maximum Gasteiger partial charge on any atom is 0.320 e. The highest BCUT2D eigenvalue weighted by molar-refractivity contribution is 5.73. The van der Waals surface area contributed by atoms with Crippen LogP contribution in [0.4, 0.5) is 0 Å². The number of aliphatic carboxylic acids is 1. The lowest BCUT2D eigenvalue weighted by Crippen LogP contribution is -2.47. The normalized spacial score (nSPS) is 26.4. The van der Waals surface area contributed by atoms with Crippen LogP contribution in [0.5, 0.6) is 0 Å². The molecule has 0 aromatic heterocycles. The van der Waals surface area contributed by atoms with Crippen molar-refractivity contribution in [2.45, 2.75) is 51.1 Å². The van der Waals surface area contributed by atoms with Crippen molar-refractivity contribution in [1.29, 1.82) is 0 Å². The quantitative estimate of drug-likeness (QED) is 0.704. The summed E-state index contributed by atoms with van der Waals surface area (Å²) < 4.78 is 0. The highest BCUT2D eigenvalue weighted by Gasteiger charge is 2.32. The second kappa shape index (κ2) is 5.83. The van der Waals surface area contributed by atoms with Gasteiger partial charge in [0.15, 0.2) is 0 Å². The van der Waals surface area contributed by atoms with E-state index in [1.165, 1.54) is 25.7 Å². The molecule has 0 amide bonds. The molecule has 0 bridgehead atoms. The number of hydrogen-bond donors (Lipinski definition) is 2. The van der Waals surface area contributed by atoms with Gasteiger partial charge < -0.3 is 10.4 Å². The minimum atomic E-state index is -0.661. The predicted octanol–water partition coefficient (Wildman–Crippen LogP) is 1.31. The summed E-state index contributed by atoms with van der Waals surface area (Å²) in [6.45, 7) is 4.94. The van der Waals surface area contributed by atoms with Crippen LogP contribution in [0.3, 0.4) is 0 Å². The van der Waals surface area contributed by atoms with Gasteiger partial charge in [-0.2, -0.15) is 0 Å². The molecule has 0 radical (unpaired) electrons. The maximum absolute atomic E-state index is 11.3. The molecule has 2 aliphatic rings. The van der Waals surface area contributed by atoms with Gasteiger partial charge in [-0.3, -0.25) is 9.69 Å². The Hall–Kier alpha value is -0.610.